The van der Waals surface area contributed by atoms with Crippen LogP contribution in [0, 0.1) is 11.8 Å². The Morgan fingerprint density at radius 1 is 1.25 bits per heavy atom. The molecule has 0 spiro atoms. The third kappa shape index (κ3) is 1.84. The van der Waals surface area contributed by atoms with E-state index in [0.29, 0.717) is 6.42 Å². The van der Waals surface area contributed by atoms with Crippen molar-refractivity contribution in [3.05, 3.63) is 0 Å². The van der Waals surface area contributed by atoms with Crippen LogP contribution in [0.3, 0.4) is 0 Å². The standard InChI is InChI=1S/C9H14O3/c1-6(10)7-3-4-8(5-7)9(11)12-2/h7-8H,3-5H2,1-2H3/t7-,8-/m0/s1. The van der Waals surface area contributed by atoms with Gasteiger partial charge in [0.15, 0.2) is 0 Å². The molecule has 0 aliphatic heterocycles. The van der Waals surface area contributed by atoms with Crippen LogP contribution in [0.5, 0.6) is 0 Å². The van der Waals surface area contributed by atoms with Crippen LogP contribution in [0.1, 0.15) is 26.2 Å². The van der Waals surface area contributed by atoms with Crippen molar-refractivity contribution in [2.45, 2.75) is 26.2 Å². The van der Waals surface area contributed by atoms with E-state index in [0.717, 1.165) is 12.8 Å². The molecule has 3 heteroatoms. The molecule has 0 saturated heterocycles. The van der Waals surface area contributed by atoms with Crippen molar-refractivity contribution in [2.24, 2.45) is 11.8 Å². The zero-order valence-corrected chi connectivity index (χ0v) is 7.50. The summed E-state index contributed by atoms with van der Waals surface area (Å²) in [7, 11) is 1.39. The second kappa shape index (κ2) is 3.70. The van der Waals surface area contributed by atoms with Gasteiger partial charge in [0.2, 0.25) is 0 Å². The molecule has 0 amide bonds. The molecule has 0 bridgehead atoms. The van der Waals surface area contributed by atoms with Crippen LogP contribution in [0.15, 0.2) is 0 Å². The van der Waals surface area contributed by atoms with Gasteiger partial charge in [-0.2, -0.15) is 0 Å². The molecular formula is C9H14O3. The van der Waals surface area contributed by atoms with Crippen LogP contribution in [0.2, 0.25) is 0 Å². The maximum Gasteiger partial charge on any atom is 0.308 e. The van der Waals surface area contributed by atoms with E-state index in [9.17, 15) is 9.59 Å². The van der Waals surface area contributed by atoms with E-state index in [4.69, 9.17) is 0 Å². The maximum absolute atomic E-state index is 11.0. The predicted octanol–water partition coefficient (Wildman–Crippen LogP) is 1.16. The Hall–Kier alpha value is -0.860. The van der Waals surface area contributed by atoms with Crippen molar-refractivity contribution >= 4 is 11.8 Å². The first-order valence-corrected chi connectivity index (χ1v) is 4.23. The molecule has 1 saturated carbocycles. The molecule has 0 radical (unpaired) electrons. The first-order chi connectivity index (χ1) is 5.65. The van der Waals surface area contributed by atoms with Gasteiger partial charge in [-0.25, -0.2) is 0 Å². The second-order valence-electron chi connectivity index (χ2n) is 3.34. The van der Waals surface area contributed by atoms with Crippen LogP contribution in [-0.4, -0.2) is 18.9 Å². The SMILES string of the molecule is COC(=O)[C@H]1CC[C@H](C(C)=O)C1. The zero-order valence-electron chi connectivity index (χ0n) is 7.50. The third-order valence-corrected chi connectivity index (χ3v) is 2.54. The van der Waals surface area contributed by atoms with Gasteiger partial charge in [-0.1, -0.05) is 0 Å². The lowest BCUT2D eigenvalue weighted by atomic mass is 10.0. The lowest BCUT2D eigenvalue weighted by Crippen LogP contribution is -2.14. The highest BCUT2D eigenvalue weighted by Gasteiger charge is 2.32. The van der Waals surface area contributed by atoms with Gasteiger partial charge in [-0.3, -0.25) is 9.59 Å². The smallest absolute Gasteiger partial charge is 0.308 e. The Labute approximate surface area is 72.1 Å². The highest BCUT2D eigenvalue weighted by molar-refractivity contribution is 5.80. The van der Waals surface area contributed by atoms with E-state index in [2.05, 4.69) is 4.74 Å². The second-order valence-corrected chi connectivity index (χ2v) is 3.34. The van der Waals surface area contributed by atoms with Crippen molar-refractivity contribution in [2.75, 3.05) is 7.11 Å². The number of rotatable bonds is 2. The minimum Gasteiger partial charge on any atom is -0.469 e. The topological polar surface area (TPSA) is 43.4 Å². The van der Waals surface area contributed by atoms with Crippen LogP contribution in [0.4, 0.5) is 0 Å². The molecule has 0 N–H and O–H groups in total. The maximum atomic E-state index is 11.0. The van der Waals surface area contributed by atoms with Crippen LogP contribution < -0.4 is 0 Å². The molecule has 0 unspecified atom stereocenters. The molecule has 0 aromatic rings. The monoisotopic (exact) mass is 170 g/mol. The van der Waals surface area contributed by atoms with Crippen molar-refractivity contribution in [1.82, 2.24) is 0 Å². The Bertz CT molecular complexity index is 198. The van der Waals surface area contributed by atoms with E-state index in [1.807, 2.05) is 0 Å². The number of ketones is 1. The van der Waals surface area contributed by atoms with Crippen molar-refractivity contribution < 1.29 is 14.3 Å². The van der Waals surface area contributed by atoms with Crippen LogP contribution in [0.25, 0.3) is 0 Å². The first kappa shape index (κ1) is 9.23. The highest BCUT2D eigenvalue weighted by atomic mass is 16.5. The summed E-state index contributed by atoms with van der Waals surface area (Å²) in [5.41, 5.74) is 0. The minimum absolute atomic E-state index is 0.0381. The molecule has 0 aromatic heterocycles. The Morgan fingerprint density at radius 3 is 2.25 bits per heavy atom. The summed E-state index contributed by atoms with van der Waals surface area (Å²) in [5, 5.41) is 0. The normalized spacial score (nSPS) is 28.5. The average Bonchev–Trinajstić information content (AvgIpc) is 2.51. The molecule has 68 valence electrons. The van der Waals surface area contributed by atoms with Gasteiger partial charge in [0, 0.05) is 5.92 Å². The van der Waals surface area contributed by atoms with Gasteiger partial charge in [-0.05, 0) is 26.2 Å². The van der Waals surface area contributed by atoms with Gasteiger partial charge < -0.3 is 4.74 Å². The molecule has 12 heavy (non-hydrogen) atoms. The number of ether oxygens (including phenoxy) is 1. The molecule has 0 aromatic carbocycles. The summed E-state index contributed by atoms with van der Waals surface area (Å²) >= 11 is 0. The summed E-state index contributed by atoms with van der Waals surface area (Å²) in [6.45, 7) is 1.59. The number of hydrogen-bond donors (Lipinski definition) is 0. The van der Waals surface area contributed by atoms with Gasteiger partial charge in [0.05, 0.1) is 13.0 Å². The zero-order chi connectivity index (χ0) is 9.14. The lowest BCUT2D eigenvalue weighted by molar-refractivity contribution is -0.145. The molecular weight excluding hydrogens is 156 g/mol. The van der Waals surface area contributed by atoms with E-state index >= 15 is 0 Å². The first-order valence-electron chi connectivity index (χ1n) is 4.23. The van der Waals surface area contributed by atoms with Crippen molar-refractivity contribution in [3.8, 4) is 0 Å². The molecule has 1 aliphatic rings. The van der Waals surface area contributed by atoms with Gasteiger partial charge >= 0.3 is 5.97 Å². The van der Waals surface area contributed by atoms with E-state index in [1.54, 1.807) is 6.92 Å². The Morgan fingerprint density at radius 2 is 1.83 bits per heavy atom. The summed E-state index contributed by atoms with van der Waals surface area (Å²) < 4.78 is 4.61. The fourth-order valence-corrected chi connectivity index (χ4v) is 1.73. The van der Waals surface area contributed by atoms with E-state index in [-0.39, 0.29) is 23.6 Å². The molecule has 3 nitrogen and oxygen atoms in total. The number of hydrogen-bond acceptors (Lipinski definition) is 3. The Balaban J connectivity index is 2.45. The molecule has 1 fully saturated rings. The number of methoxy groups -OCH3 is 1. The third-order valence-electron chi connectivity index (χ3n) is 2.54. The van der Waals surface area contributed by atoms with Crippen molar-refractivity contribution in [3.63, 3.8) is 0 Å². The lowest BCUT2D eigenvalue weighted by Gasteiger charge is -2.06. The summed E-state index contributed by atoms with van der Waals surface area (Å²) in [6, 6.07) is 0. The number of carbonyl (C=O) groups is 2. The summed E-state index contributed by atoms with van der Waals surface area (Å²) in [6.07, 6.45) is 2.33. The predicted molar refractivity (Wildman–Crippen MR) is 43.5 cm³/mol. The fourth-order valence-electron chi connectivity index (χ4n) is 1.73. The van der Waals surface area contributed by atoms with E-state index < -0.39 is 0 Å². The number of esters is 1. The fraction of sp³-hybridized carbons (Fsp3) is 0.778. The number of carbonyl (C=O) groups excluding carboxylic acids is 2. The highest BCUT2D eigenvalue weighted by Crippen LogP contribution is 2.31. The van der Waals surface area contributed by atoms with Crippen LogP contribution in [-0.2, 0) is 14.3 Å². The summed E-state index contributed by atoms with van der Waals surface area (Å²) in [5.74, 6) is 0.0816. The molecule has 1 aliphatic carbocycles. The van der Waals surface area contributed by atoms with Gasteiger partial charge in [0.25, 0.3) is 0 Å². The molecule has 0 heterocycles. The van der Waals surface area contributed by atoms with Crippen LogP contribution >= 0.6 is 0 Å². The van der Waals surface area contributed by atoms with E-state index in [1.165, 1.54) is 7.11 Å². The quantitative estimate of drug-likeness (QED) is 0.584. The van der Waals surface area contributed by atoms with Crippen molar-refractivity contribution in [1.29, 1.82) is 0 Å². The Kier molecular flexibility index (Phi) is 2.84. The largest absolute Gasteiger partial charge is 0.469 e. The summed E-state index contributed by atoms with van der Waals surface area (Å²) in [4.78, 5) is 22.0. The molecule has 1 rings (SSSR count). The van der Waals surface area contributed by atoms with Gasteiger partial charge in [0.1, 0.15) is 5.78 Å². The number of Topliss-reactive ketones (excluding diaryl/α,β-unsaturated/α-hetero) is 1. The van der Waals surface area contributed by atoms with Gasteiger partial charge in [-0.15, -0.1) is 0 Å². The molecule has 2 atom stereocenters. The average molecular weight is 170 g/mol. The minimum atomic E-state index is -0.168.